The maximum Gasteiger partial charge on any atom is 0.230 e. The topological polar surface area (TPSA) is 64.3 Å². The lowest BCUT2D eigenvalue weighted by molar-refractivity contribution is -0.121. The third-order valence-electron chi connectivity index (χ3n) is 4.08. The smallest absolute Gasteiger partial charge is 0.230 e. The molecule has 1 aliphatic heterocycles. The molecule has 0 saturated carbocycles. The van der Waals surface area contributed by atoms with E-state index in [2.05, 4.69) is 12.2 Å². The van der Waals surface area contributed by atoms with E-state index in [0.717, 1.165) is 16.9 Å². The van der Waals surface area contributed by atoms with Crippen LogP contribution in [0.2, 0.25) is 0 Å². The van der Waals surface area contributed by atoms with Gasteiger partial charge in [-0.05, 0) is 50.5 Å². The van der Waals surface area contributed by atoms with E-state index < -0.39 is 0 Å². The molecule has 1 amide bonds. The van der Waals surface area contributed by atoms with Crippen LogP contribution in [0.4, 0.5) is 11.4 Å². The number of carbonyl (C=O) groups is 1. The summed E-state index contributed by atoms with van der Waals surface area (Å²) < 4.78 is 5.71. The Hall–Kier alpha value is -1.55. The lowest BCUT2D eigenvalue weighted by atomic mass is 9.89. The standard InChI is InChI=1S/C15H22N2O2/c1-8-7-12(5-6-13(8)16)17-15(18)14-9(2)10(3)19-11(14)4/h5-7,9-11,14H,16H2,1-4H3,(H,17,18). The Morgan fingerprint density at radius 3 is 2.47 bits per heavy atom. The second kappa shape index (κ2) is 5.21. The Bertz CT molecular complexity index is 487. The fourth-order valence-corrected chi connectivity index (χ4v) is 2.70. The van der Waals surface area contributed by atoms with Crippen molar-refractivity contribution in [1.29, 1.82) is 0 Å². The van der Waals surface area contributed by atoms with Gasteiger partial charge in [0.1, 0.15) is 0 Å². The van der Waals surface area contributed by atoms with Crippen molar-refractivity contribution in [2.24, 2.45) is 11.8 Å². The molecule has 0 radical (unpaired) electrons. The largest absolute Gasteiger partial charge is 0.399 e. The van der Waals surface area contributed by atoms with Gasteiger partial charge in [-0.1, -0.05) is 6.92 Å². The number of nitrogen functional groups attached to an aromatic ring is 1. The van der Waals surface area contributed by atoms with Gasteiger partial charge in [-0.15, -0.1) is 0 Å². The summed E-state index contributed by atoms with van der Waals surface area (Å²) in [6, 6.07) is 5.53. The molecule has 1 aliphatic rings. The normalized spacial score (nSPS) is 30.3. The van der Waals surface area contributed by atoms with Crippen LogP contribution in [0, 0.1) is 18.8 Å². The minimum atomic E-state index is -0.104. The maximum atomic E-state index is 12.4. The molecule has 1 heterocycles. The molecule has 0 bridgehead atoms. The summed E-state index contributed by atoms with van der Waals surface area (Å²) in [7, 11) is 0. The van der Waals surface area contributed by atoms with Gasteiger partial charge in [-0.3, -0.25) is 4.79 Å². The Balaban J connectivity index is 2.10. The average molecular weight is 262 g/mol. The fourth-order valence-electron chi connectivity index (χ4n) is 2.70. The maximum absolute atomic E-state index is 12.4. The summed E-state index contributed by atoms with van der Waals surface area (Å²) in [5, 5.41) is 2.96. The molecule has 4 unspecified atom stereocenters. The molecule has 2 rings (SSSR count). The monoisotopic (exact) mass is 262 g/mol. The van der Waals surface area contributed by atoms with Crippen molar-refractivity contribution in [1.82, 2.24) is 0 Å². The first-order chi connectivity index (χ1) is 8.90. The van der Waals surface area contributed by atoms with E-state index in [1.54, 1.807) is 0 Å². The second-order valence-corrected chi connectivity index (χ2v) is 5.49. The Kier molecular flexibility index (Phi) is 3.80. The number of ether oxygens (including phenoxy) is 1. The van der Waals surface area contributed by atoms with Crippen molar-refractivity contribution in [2.45, 2.75) is 39.9 Å². The molecular weight excluding hydrogens is 240 g/mol. The van der Waals surface area contributed by atoms with Gasteiger partial charge in [0, 0.05) is 11.4 Å². The first-order valence-electron chi connectivity index (χ1n) is 6.72. The summed E-state index contributed by atoms with van der Waals surface area (Å²) in [6.45, 7) is 7.96. The number of hydrogen-bond acceptors (Lipinski definition) is 3. The number of aryl methyl sites for hydroxylation is 1. The van der Waals surface area contributed by atoms with Crippen LogP contribution in [-0.2, 0) is 9.53 Å². The molecule has 104 valence electrons. The van der Waals surface area contributed by atoms with Crippen molar-refractivity contribution in [3.8, 4) is 0 Å². The first kappa shape index (κ1) is 13.9. The summed E-state index contributed by atoms with van der Waals surface area (Å²) in [6.07, 6.45) is 0.0822. The van der Waals surface area contributed by atoms with E-state index in [9.17, 15) is 4.79 Å². The lowest BCUT2D eigenvalue weighted by Crippen LogP contribution is -2.32. The zero-order valence-electron chi connectivity index (χ0n) is 11.9. The van der Waals surface area contributed by atoms with E-state index in [1.807, 2.05) is 39.0 Å². The molecule has 1 saturated heterocycles. The van der Waals surface area contributed by atoms with Gasteiger partial charge in [0.15, 0.2) is 0 Å². The van der Waals surface area contributed by atoms with Gasteiger partial charge in [0.25, 0.3) is 0 Å². The summed E-state index contributed by atoms with van der Waals surface area (Å²) in [5.41, 5.74) is 8.26. The van der Waals surface area contributed by atoms with Crippen LogP contribution >= 0.6 is 0 Å². The van der Waals surface area contributed by atoms with Crippen molar-refractivity contribution < 1.29 is 9.53 Å². The predicted octanol–water partition coefficient (Wildman–Crippen LogP) is 2.58. The molecule has 4 heteroatoms. The number of rotatable bonds is 2. The molecule has 19 heavy (non-hydrogen) atoms. The van der Waals surface area contributed by atoms with Crippen molar-refractivity contribution in [3.63, 3.8) is 0 Å². The number of nitrogens with one attached hydrogen (secondary N) is 1. The minimum absolute atomic E-state index is 0.0218. The van der Waals surface area contributed by atoms with E-state index in [1.165, 1.54) is 0 Å². The average Bonchev–Trinajstić information content (AvgIpc) is 2.58. The van der Waals surface area contributed by atoms with Gasteiger partial charge < -0.3 is 15.8 Å². The third-order valence-corrected chi connectivity index (χ3v) is 4.08. The van der Waals surface area contributed by atoms with Crippen molar-refractivity contribution >= 4 is 17.3 Å². The van der Waals surface area contributed by atoms with Crippen LogP contribution in [0.1, 0.15) is 26.3 Å². The number of hydrogen-bond donors (Lipinski definition) is 2. The number of benzene rings is 1. The van der Waals surface area contributed by atoms with Crippen molar-refractivity contribution in [3.05, 3.63) is 23.8 Å². The first-order valence-corrected chi connectivity index (χ1v) is 6.72. The Morgan fingerprint density at radius 2 is 1.95 bits per heavy atom. The van der Waals surface area contributed by atoms with Crippen LogP contribution in [0.25, 0.3) is 0 Å². The predicted molar refractivity (Wildman–Crippen MR) is 76.9 cm³/mol. The molecule has 1 aromatic rings. The number of nitrogens with two attached hydrogens (primary N) is 1. The quantitative estimate of drug-likeness (QED) is 0.805. The fraction of sp³-hybridized carbons (Fsp3) is 0.533. The highest BCUT2D eigenvalue weighted by molar-refractivity contribution is 5.93. The van der Waals surface area contributed by atoms with E-state index in [4.69, 9.17) is 10.5 Å². The summed E-state index contributed by atoms with van der Waals surface area (Å²) in [5.74, 6) is 0.145. The van der Waals surface area contributed by atoms with Crippen LogP contribution in [0.15, 0.2) is 18.2 Å². The van der Waals surface area contributed by atoms with Crippen LogP contribution < -0.4 is 11.1 Å². The van der Waals surface area contributed by atoms with E-state index in [0.29, 0.717) is 0 Å². The molecule has 4 atom stereocenters. The molecule has 1 fully saturated rings. The van der Waals surface area contributed by atoms with Crippen molar-refractivity contribution in [2.75, 3.05) is 11.1 Å². The highest BCUT2D eigenvalue weighted by atomic mass is 16.5. The highest BCUT2D eigenvalue weighted by Crippen LogP contribution is 2.33. The highest BCUT2D eigenvalue weighted by Gasteiger charge is 2.41. The SMILES string of the molecule is Cc1cc(NC(=O)C2C(C)OC(C)C2C)ccc1N. The molecule has 0 aromatic heterocycles. The summed E-state index contributed by atoms with van der Waals surface area (Å²) in [4.78, 5) is 12.4. The molecule has 4 nitrogen and oxygen atoms in total. The second-order valence-electron chi connectivity index (χ2n) is 5.49. The molecule has 1 aromatic carbocycles. The van der Waals surface area contributed by atoms with E-state index in [-0.39, 0.29) is 30.0 Å². The Morgan fingerprint density at radius 1 is 1.26 bits per heavy atom. The lowest BCUT2D eigenvalue weighted by Gasteiger charge is -2.18. The zero-order valence-corrected chi connectivity index (χ0v) is 11.9. The number of anilines is 2. The van der Waals surface area contributed by atoms with Crippen LogP contribution in [0.3, 0.4) is 0 Å². The zero-order chi connectivity index (χ0) is 14.2. The van der Waals surface area contributed by atoms with Gasteiger partial charge in [-0.25, -0.2) is 0 Å². The minimum Gasteiger partial charge on any atom is -0.399 e. The summed E-state index contributed by atoms with van der Waals surface area (Å²) >= 11 is 0. The van der Waals surface area contributed by atoms with Gasteiger partial charge in [-0.2, -0.15) is 0 Å². The van der Waals surface area contributed by atoms with Gasteiger partial charge in [0.05, 0.1) is 18.1 Å². The van der Waals surface area contributed by atoms with E-state index >= 15 is 0 Å². The molecule has 0 aliphatic carbocycles. The van der Waals surface area contributed by atoms with Crippen LogP contribution in [-0.4, -0.2) is 18.1 Å². The third kappa shape index (κ3) is 2.73. The number of amides is 1. The molecular formula is C15H22N2O2. The van der Waals surface area contributed by atoms with Crippen LogP contribution in [0.5, 0.6) is 0 Å². The molecule has 3 N–H and O–H groups in total. The number of carbonyl (C=O) groups excluding carboxylic acids is 1. The Labute approximate surface area is 114 Å². The van der Waals surface area contributed by atoms with Gasteiger partial charge >= 0.3 is 0 Å². The van der Waals surface area contributed by atoms with Gasteiger partial charge in [0.2, 0.25) is 5.91 Å². The molecule has 0 spiro atoms.